The van der Waals surface area contributed by atoms with Crippen molar-refractivity contribution in [3.8, 4) is 5.75 Å². The quantitative estimate of drug-likeness (QED) is 0.700. The molecule has 2 nitrogen and oxygen atoms in total. The summed E-state index contributed by atoms with van der Waals surface area (Å²) in [7, 11) is 0. The smallest absolute Gasteiger partial charge is 0.251 e. The first-order valence-corrected chi connectivity index (χ1v) is 6.70. The molecule has 0 fully saturated rings. The summed E-state index contributed by atoms with van der Waals surface area (Å²) < 4.78 is 19.0. The number of ether oxygens (including phenoxy) is 1. The molecule has 18 heavy (non-hydrogen) atoms. The van der Waals surface area contributed by atoms with Gasteiger partial charge in [0.2, 0.25) is 0 Å². The molecule has 0 saturated heterocycles. The molecule has 1 rings (SSSR count). The van der Waals surface area contributed by atoms with E-state index in [1.165, 1.54) is 0 Å². The van der Waals surface area contributed by atoms with Gasteiger partial charge in [-0.05, 0) is 37.6 Å². The van der Waals surface area contributed by atoms with Crippen LogP contribution < -0.4 is 4.74 Å². The summed E-state index contributed by atoms with van der Waals surface area (Å²) in [5.41, 5.74) is 0. The normalized spacial score (nSPS) is 13.0. The lowest BCUT2D eigenvalue weighted by atomic mass is 10.1. The summed E-state index contributed by atoms with van der Waals surface area (Å²) in [4.78, 5) is 2.09. The van der Waals surface area contributed by atoms with E-state index in [2.05, 4.69) is 25.7 Å². The molecule has 0 aliphatic carbocycles. The van der Waals surface area contributed by atoms with Crippen LogP contribution in [-0.2, 0) is 0 Å². The lowest BCUT2D eigenvalue weighted by Crippen LogP contribution is -2.34. The summed E-state index contributed by atoms with van der Waals surface area (Å²) in [6.45, 7) is 8.52. The van der Waals surface area contributed by atoms with Gasteiger partial charge in [0.1, 0.15) is 5.75 Å². The molecule has 0 aromatic heterocycles. The number of alkyl halides is 1. The summed E-state index contributed by atoms with van der Waals surface area (Å²) >= 11 is 0. The van der Waals surface area contributed by atoms with Crippen molar-refractivity contribution in [3.05, 3.63) is 30.3 Å². The second-order valence-electron chi connectivity index (χ2n) is 4.92. The van der Waals surface area contributed by atoms with E-state index in [0.717, 1.165) is 19.5 Å². The van der Waals surface area contributed by atoms with E-state index in [4.69, 9.17) is 4.74 Å². The third kappa shape index (κ3) is 6.01. The van der Waals surface area contributed by atoms with Gasteiger partial charge in [-0.15, -0.1) is 0 Å². The largest absolute Gasteiger partial charge is 0.459 e. The van der Waals surface area contributed by atoms with E-state index in [0.29, 0.717) is 18.2 Å². The topological polar surface area (TPSA) is 12.5 Å². The first kappa shape index (κ1) is 15.0. The molecule has 0 aliphatic heterocycles. The zero-order valence-corrected chi connectivity index (χ0v) is 11.6. The number of nitrogens with zero attached hydrogens (tertiary/aromatic N) is 1. The highest BCUT2D eigenvalue weighted by Crippen LogP contribution is 2.12. The lowest BCUT2D eigenvalue weighted by molar-refractivity contribution is 0.0301. The van der Waals surface area contributed by atoms with Crippen LogP contribution in [0.4, 0.5) is 4.39 Å². The average molecular weight is 253 g/mol. The molecule has 0 heterocycles. The molecule has 0 aliphatic rings. The Kier molecular flexibility index (Phi) is 6.73. The molecular weight excluding hydrogens is 229 g/mol. The molecule has 0 bridgehead atoms. The van der Waals surface area contributed by atoms with Gasteiger partial charge in [0, 0.05) is 0 Å². The van der Waals surface area contributed by atoms with Crippen LogP contribution in [0.1, 0.15) is 27.2 Å². The fraction of sp³-hybridized carbons (Fsp3) is 0.600. The number of hydrogen-bond acceptors (Lipinski definition) is 2. The maximum Gasteiger partial charge on any atom is 0.251 e. The molecule has 102 valence electrons. The van der Waals surface area contributed by atoms with E-state index in [9.17, 15) is 4.39 Å². The molecule has 1 aromatic rings. The SMILES string of the molecule is CCN(CCC(C)C)CC(F)Oc1ccccc1. The maximum absolute atomic E-state index is 13.8. The van der Waals surface area contributed by atoms with Crippen molar-refractivity contribution in [1.29, 1.82) is 0 Å². The van der Waals surface area contributed by atoms with Crippen LogP contribution in [0.25, 0.3) is 0 Å². The van der Waals surface area contributed by atoms with Gasteiger partial charge in [-0.1, -0.05) is 39.0 Å². The highest BCUT2D eigenvalue weighted by atomic mass is 19.1. The Morgan fingerprint density at radius 2 is 1.89 bits per heavy atom. The first-order valence-electron chi connectivity index (χ1n) is 6.70. The van der Waals surface area contributed by atoms with Crippen LogP contribution >= 0.6 is 0 Å². The summed E-state index contributed by atoms with van der Waals surface area (Å²) in [5.74, 6) is 1.23. The van der Waals surface area contributed by atoms with Gasteiger partial charge in [-0.2, -0.15) is 0 Å². The number of hydrogen-bond donors (Lipinski definition) is 0. The molecule has 1 atom stereocenters. The molecule has 0 amide bonds. The van der Waals surface area contributed by atoms with Crippen molar-refractivity contribution < 1.29 is 9.13 Å². The third-order valence-corrected chi connectivity index (χ3v) is 2.88. The summed E-state index contributed by atoms with van der Waals surface area (Å²) in [6.07, 6.45) is -0.175. The fourth-order valence-corrected chi connectivity index (χ4v) is 1.71. The van der Waals surface area contributed by atoms with E-state index >= 15 is 0 Å². The molecular formula is C15H24FNO. The van der Waals surface area contributed by atoms with E-state index in [1.54, 1.807) is 12.1 Å². The van der Waals surface area contributed by atoms with Crippen LogP contribution in [0.3, 0.4) is 0 Å². The minimum atomic E-state index is -1.26. The molecule has 1 aromatic carbocycles. The Hall–Kier alpha value is -1.09. The van der Waals surface area contributed by atoms with E-state index in [1.807, 2.05) is 18.2 Å². The Labute approximate surface area is 110 Å². The highest BCUT2D eigenvalue weighted by Gasteiger charge is 2.13. The van der Waals surface area contributed by atoms with E-state index in [-0.39, 0.29) is 0 Å². The Morgan fingerprint density at radius 3 is 2.44 bits per heavy atom. The average Bonchev–Trinajstić information content (AvgIpc) is 2.35. The second-order valence-corrected chi connectivity index (χ2v) is 4.92. The van der Waals surface area contributed by atoms with Gasteiger partial charge in [0.25, 0.3) is 6.36 Å². The zero-order valence-electron chi connectivity index (χ0n) is 11.6. The summed E-state index contributed by atoms with van der Waals surface area (Å²) in [5, 5.41) is 0. The number of benzene rings is 1. The van der Waals surface area contributed by atoms with Crippen LogP contribution in [0.5, 0.6) is 5.75 Å². The van der Waals surface area contributed by atoms with Gasteiger partial charge in [-0.3, -0.25) is 4.90 Å². The molecule has 0 saturated carbocycles. The van der Waals surface area contributed by atoms with Gasteiger partial charge in [0.05, 0.1) is 6.54 Å². The number of rotatable bonds is 8. The van der Waals surface area contributed by atoms with E-state index < -0.39 is 6.36 Å². The minimum absolute atomic E-state index is 0.331. The van der Waals surface area contributed by atoms with Crippen molar-refractivity contribution in [1.82, 2.24) is 4.90 Å². The zero-order chi connectivity index (χ0) is 13.4. The molecule has 1 unspecified atom stereocenters. The van der Waals surface area contributed by atoms with Crippen molar-refractivity contribution in [2.24, 2.45) is 5.92 Å². The second kappa shape index (κ2) is 8.09. The van der Waals surface area contributed by atoms with Crippen molar-refractivity contribution in [3.63, 3.8) is 0 Å². The van der Waals surface area contributed by atoms with Crippen molar-refractivity contribution >= 4 is 0 Å². The minimum Gasteiger partial charge on any atom is -0.459 e. The van der Waals surface area contributed by atoms with Crippen LogP contribution in [-0.4, -0.2) is 30.9 Å². The fourth-order valence-electron chi connectivity index (χ4n) is 1.71. The lowest BCUT2D eigenvalue weighted by Gasteiger charge is -2.23. The Morgan fingerprint density at radius 1 is 1.22 bits per heavy atom. The van der Waals surface area contributed by atoms with Crippen LogP contribution in [0.15, 0.2) is 30.3 Å². The van der Waals surface area contributed by atoms with Gasteiger partial charge in [-0.25, -0.2) is 4.39 Å². The van der Waals surface area contributed by atoms with Crippen LogP contribution in [0, 0.1) is 5.92 Å². The molecule has 0 N–H and O–H groups in total. The van der Waals surface area contributed by atoms with Gasteiger partial charge < -0.3 is 4.74 Å². The third-order valence-electron chi connectivity index (χ3n) is 2.88. The Balaban J connectivity index is 2.35. The summed E-state index contributed by atoms with van der Waals surface area (Å²) in [6, 6.07) is 9.13. The predicted octanol–water partition coefficient (Wildman–Crippen LogP) is 3.73. The van der Waals surface area contributed by atoms with Gasteiger partial charge in [0.15, 0.2) is 0 Å². The Bertz CT molecular complexity index is 316. The number of likely N-dealkylation sites (N-methyl/N-ethyl adjacent to an activating group) is 1. The van der Waals surface area contributed by atoms with Crippen molar-refractivity contribution in [2.45, 2.75) is 33.5 Å². The number of halogens is 1. The van der Waals surface area contributed by atoms with Gasteiger partial charge >= 0.3 is 0 Å². The van der Waals surface area contributed by atoms with Crippen LogP contribution in [0.2, 0.25) is 0 Å². The highest BCUT2D eigenvalue weighted by molar-refractivity contribution is 5.21. The monoisotopic (exact) mass is 253 g/mol. The standard InChI is InChI=1S/C15H24FNO/c1-4-17(11-10-13(2)3)12-15(16)18-14-8-6-5-7-9-14/h5-9,13,15H,4,10-12H2,1-3H3. The first-order chi connectivity index (χ1) is 8.61. The molecule has 0 spiro atoms. The van der Waals surface area contributed by atoms with Crippen molar-refractivity contribution in [2.75, 3.05) is 19.6 Å². The molecule has 0 radical (unpaired) electrons. The maximum atomic E-state index is 13.8. The molecule has 3 heteroatoms. The predicted molar refractivity (Wildman–Crippen MR) is 73.5 cm³/mol. The number of para-hydroxylation sites is 1.